The molecule has 7 heteroatoms. The third-order valence-corrected chi connectivity index (χ3v) is 2.58. The molecule has 1 N–H and O–H groups in total. The summed E-state index contributed by atoms with van der Waals surface area (Å²) in [6, 6.07) is 5.18. The topological polar surface area (TPSA) is 47.6 Å². The first-order chi connectivity index (χ1) is 9.06. The first kappa shape index (κ1) is 15.7. The average Bonchev–Trinajstić information content (AvgIpc) is 2.37. The molecule has 1 rings (SSSR count). The molecule has 0 aliphatic carbocycles. The standard InChI is InChI=1S/C12H14ClF2NO3/c1-18-7-9(6-13)16-11(17)8-3-2-4-10(5-8)19-12(14)15/h2-5,9,12H,6-7H2,1H3,(H,16,17). The minimum Gasteiger partial charge on any atom is -0.435 e. The number of alkyl halides is 3. The summed E-state index contributed by atoms with van der Waals surface area (Å²) in [6.07, 6.45) is 0. The number of hydrogen-bond acceptors (Lipinski definition) is 3. The van der Waals surface area contributed by atoms with Crippen molar-refractivity contribution in [3.63, 3.8) is 0 Å². The van der Waals surface area contributed by atoms with Crippen molar-refractivity contribution in [1.29, 1.82) is 0 Å². The average molecular weight is 294 g/mol. The minimum absolute atomic E-state index is 0.0724. The van der Waals surface area contributed by atoms with Crippen LogP contribution in [0.15, 0.2) is 24.3 Å². The molecule has 1 aromatic rings. The molecule has 1 unspecified atom stereocenters. The van der Waals surface area contributed by atoms with Crippen LogP contribution in [0.2, 0.25) is 0 Å². The van der Waals surface area contributed by atoms with Crippen LogP contribution in [0.3, 0.4) is 0 Å². The summed E-state index contributed by atoms with van der Waals surface area (Å²) >= 11 is 5.66. The minimum atomic E-state index is -2.93. The van der Waals surface area contributed by atoms with Crippen molar-refractivity contribution >= 4 is 17.5 Å². The molecule has 106 valence electrons. The molecule has 1 atom stereocenters. The second kappa shape index (κ2) is 7.91. The van der Waals surface area contributed by atoms with Crippen LogP contribution in [0.5, 0.6) is 5.75 Å². The van der Waals surface area contributed by atoms with E-state index < -0.39 is 12.5 Å². The molecule has 0 aliphatic rings. The number of halogens is 3. The van der Waals surface area contributed by atoms with Gasteiger partial charge in [-0.2, -0.15) is 8.78 Å². The van der Waals surface area contributed by atoms with Gasteiger partial charge in [-0.05, 0) is 18.2 Å². The number of amides is 1. The van der Waals surface area contributed by atoms with Gasteiger partial charge in [0.15, 0.2) is 0 Å². The zero-order valence-corrected chi connectivity index (χ0v) is 11.0. The number of rotatable bonds is 7. The van der Waals surface area contributed by atoms with E-state index in [2.05, 4.69) is 10.1 Å². The van der Waals surface area contributed by atoms with E-state index in [9.17, 15) is 13.6 Å². The maximum absolute atomic E-state index is 12.1. The molecule has 0 bridgehead atoms. The van der Waals surface area contributed by atoms with Gasteiger partial charge in [0.2, 0.25) is 0 Å². The highest BCUT2D eigenvalue weighted by Crippen LogP contribution is 2.16. The van der Waals surface area contributed by atoms with Gasteiger partial charge in [0, 0.05) is 18.6 Å². The molecule has 0 saturated heterocycles. The van der Waals surface area contributed by atoms with Gasteiger partial charge in [-0.1, -0.05) is 6.07 Å². The summed E-state index contributed by atoms with van der Waals surface area (Å²) in [5, 5.41) is 2.63. The summed E-state index contributed by atoms with van der Waals surface area (Å²) in [5.74, 6) is -0.313. The SMILES string of the molecule is COCC(CCl)NC(=O)c1cccc(OC(F)F)c1. The van der Waals surface area contributed by atoms with Crippen LogP contribution in [0.4, 0.5) is 8.78 Å². The lowest BCUT2D eigenvalue weighted by molar-refractivity contribution is -0.0498. The molecule has 0 heterocycles. The predicted molar refractivity (Wildman–Crippen MR) is 66.9 cm³/mol. The highest BCUT2D eigenvalue weighted by molar-refractivity contribution is 6.18. The molecule has 0 radical (unpaired) electrons. The first-order valence-electron chi connectivity index (χ1n) is 5.47. The molecule has 1 aromatic carbocycles. The number of hydrogen-bond donors (Lipinski definition) is 1. The Balaban J connectivity index is 2.70. The summed E-state index contributed by atoms with van der Waals surface area (Å²) < 4.78 is 33.2. The van der Waals surface area contributed by atoms with Crippen LogP contribution in [0.25, 0.3) is 0 Å². The highest BCUT2D eigenvalue weighted by atomic mass is 35.5. The van der Waals surface area contributed by atoms with Crippen molar-refractivity contribution in [2.45, 2.75) is 12.7 Å². The van der Waals surface area contributed by atoms with Crippen molar-refractivity contribution in [2.75, 3.05) is 19.6 Å². The summed E-state index contributed by atoms with van der Waals surface area (Å²) in [4.78, 5) is 11.9. The number of benzene rings is 1. The van der Waals surface area contributed by atoms with Crippen molar-refractivity contribution in [3.05, 3.63) is 29.8 Å². The number of carbonyl (C=O) groups is 1. The summed E-state index contributed by atoms with van der Waals surface area (Å²) in [7, 11) is 1.49. The molecule has 0 aromatic heterocycles. The molecular formula is C12H14ClF2NO3. The predicted octanol–water partition coefficient (Wildman–Crippen LogP) is 2.27. The van der Waals surface area contributed by atoms with Crippen molar-refractivity contribution in [1.82, 2.24) is 5.32 Å². The maximum Gasteiger partial charge on any atom is 0.387 e. The smallest absolute Gasteiger partial charge is 0.387 e. The van der Waals surface area contributed by atoms with Crippen LogP contribution >= 0.6 is 11.6 Å². The Labute approximate surface area is 114 Å². The van der Waals surface area contributed by atoms with Crippen LogP contribution in [-0.2, 0) is 4.74 Å². The van der Waals surface area contributed by atoms with Crippen LogP contribution in [-0.4, -0.2) is 38.2 Å². The molecular weight excluding hydrogens is 280 g/mol. The third-order valence-electron chi connectivity index (χ3n) is 2.21. The van der Waals surface area contributed by atoms with Crippen molar-refractivity contribution in [3.8, 4) is 5.75 Å². The zero-order valence-electron chi connectivity index (χ0n) is 10.2. The zero-order chi connectivity index (χ0) is 14.3. The van der Waals surface area contributed by atoms with Crippen molar-refractivity contribution < 1.29 is 23.0 Å². The number of nitrogens with one attached hydrogen (secondary N) is 1. The number of carbonyl (C=O) groups excluding carboxylic acids is 1. The number of ether oxygens (including phenoxy) is 2. The Morgan fingerprint density at radius 1 is 1.47 bits per heavy atom. The van der Waals surface area contributed by atoms with E-state index in [1.165, 1.54) is 31.4 Å². The fraction of sp³-hybridized carbons (Fsp3) is 0.417. The molecule has 4 nitrogen and oxygen atoms in total. The van der Waals surface area contributed by atoms with Gasteiger partial charge in [-0.15, -0.1) is 11.6 Å². The van der Waals surface area contributed by atoms with Gasteiger partial charge in [0.1, 0.15) is 5.75 Å². The quantitative estimate of drug-likeness (QED) is 0.785. The lowest BCUT2D eigenvalue weighted by Crippen LogP contribution is -2.39. The van der Waals surface area contributed by atoms with Crippen LogP contribution in [0.1, 0.15) is 10.4 Å². The normalized spacial score (nSPS) is 12.3. The monoisotopic (exact) mass is 293 g/mol. The van der Waals surface area contributed by atoms with Gasteiger partial charge < -0.3 is 14.8 Å². The van der Waals surface area contributed by atoms with E-state index >= 15 is 0 Å². The van der Waals surface area contributed by atoms with Crippen molar-refractivity contribution in [2.24, 2.45) is 0 Å². The fourth-order valence-electron chi connectivity index (χ4n) is 1.41. The molecule has 19 heavy (non-hydrogen) atoms. The molecule has 0 fully saturated rings. The fourth-order valence-corrected chi connectivity index (χ4v) is 1.57. The van der Waals surface area contributed by atoms with Crippen LogP contribution < -0.4 is 10.1 Å². The van der Waals surface area contributed by atoms with Gasteiger partial charge in [-0.3, -0.25) is 4.79 Å². The lowest BCUT2D eigenvalue weighted by atomic mass is 10.2. The van der Waals surface area contributed by atoms with E-state index in [1.54, 1.807) is 0 Å². The van der Waals surface area contributed by atoms with Gasteiger partial charge in [0.25, 0.3) is 5.91 Å². The van der Waals surface area contributed by atoms with Gasteiger partial charge in [-0.25, -0.2) is 0 Å². The Hall–Kier alpha value is -1.40. The Bertz CT molecular complexity index is 418. The summed E-state index contributed by atoms with van der Waals surface area (Å²) in [5.41, 5.74) is 0.212. The molecule has 1 amide bonds. The second-order valence-corrected chi connectivity index (χ2v) is 3.99. The van der Waals surface area contributed by atoms with E-state index in [4.69, 9.17) is 16.3 Å². The van der Waals surface area contributed by atoms with Gasteiger partial charge in [0.05, 0.1) is 12.6 Å². The molecule has 0 spiro atoms. The first-order valence-corrected chi connectivity index (χ1v) is 6.01. The molecule has 0 aliphatic heterocycles. The largest absolute Gasteiger partial charge is 0.435 e. The lowest BCUT2D eigenvalue weighted by Gasteiger charge is -2.15. The summed E-state index contributed by atoms with van der Waals surface area (Å²) in [6.45, 7) is -2.66. The second-order valence-electron chi connectivity index (χ2n) is 3.69. The highest BCUT2D eigenvalue weighted by Gasteiger charge is 2.14. The number of methoxy groups -OCH3 is 1. The Morgan fingerprint density at radius 2 is 2.21 bits per heavy atom. The maximum atomic E-state index is 12.1. The van der Waals surface area contributed by atoms with E-state index in [1.807, 2.05) is 0 Å². The van der Waals surface area contributed by atoms with E-state index in [-0.39, 0.29) is 29.8 Å². The van der Waals surface area contributed by atoms with E-state index in [0.717, 1.165) is 0 Å². The Morgan fingerprint density at radius 3 is 2.79 bits per heavy atom. The third kappa shape index (κ3) is 5.40. The molecule has 0 saturated carbocycles. The Kier molecular flexibility index (Phi) is 6.52. The van der Waals surface area contributed by atoms with Gasteiger partial charge >= 0.3 is 6.61 Å². The van der Waals surface area contributed by atoms with Crippen LogP contribution in [0, 0.1) is 0 Å². The van der Waals surface area contributed by atoms with E-state index in [0.29, 0.717) is 0 Å².